The molecule has 1 nitrogen and oxygen atoms in total. The maximum atomic E-state index is 13.3. The van der Waals surface area contributed by atoms with Crippen molar-refractivity contribution in [3.05, 3.63) is 29.0 Å². The van der Waals surface area contributed by atoms with Crippen molar-refractivity contribution in [2.45, 2.75) is 32.7 Å². The normalized spacial score (nSPS) is 10.6. The highest BCUT2D eigenvalue weighted by molar-refractivity contribution is 6.33. The van der Waals surface area contributed by atoms with Gasteiger partial charge in [0.15, 0.2) is 0 Å². The van der Waals surface area contributed by atoms with E-state index in [9.17, 15) is 4.39 Å². The topological polar surface area (TPSA) is 12.0 Å². The second kappa shape index (κ2) is 5.20. The first kappa shape index (κ1) is 11.3. The van der Waals surface area contributed by atoms with E-state index in [2.05, 4.69) is 19.2 Å². The molecule has 0 fully saturated rings. The van der Waals surface area contributed by atoms with Crippen LogP contribution in [0.15, 0.2) is 18.2 Å². The van der Waals surface area contributed by atoms with Gasteiger partial charge in [0, 0.05) is 6.04 Å². The Balaban J connectivity index is 2.84. The molecule has 0 heterocycles. The van der Waals surface area contributed by atoms with E-state index >= 15 is 0 Å². The number of rotatable bonds is 4. The van der Waals surface area contributed by atoms with Gasteiger partial charge >= 0.3 is 0 Å². The standard InChI is InChI=1S/C11H15ClFN/c1-3-8(4-2)14-11-9(12)6-5-7-10(11)13/h5-8,14H,3-4H2,1-2H3. The Kier molecular flexibility index (Phi) is 4.21. The lowest BCUT2D eigenvalue weighted by Crippen LogP contribution is -2.18. The zero-order valence-electron chi connectivity index (χ0n) is 8.48. The second-order valence-corrected chi connectivity index (χ2v) is 3.66. The summed E-state index contributed by atoms with van der Waals surface area (Å²) in [5, 5.41) is 3.55. The Morgan fingerprint density at radius 2 is 2.00 bits per heavy atom. The Morgan fingerprint density at radius 1 is 1.36 bits per heavy atom. The Hall–Kier alpha value is -0.760. The molecule has 1 rings (SSSR count). The van der Waals surface area contributed by atoms with Gasteiger partial charge in [-0.05, 0) is 25.0 Å². The van der Waals surface area contributed by atoms with Crippen molar-refractivity contribution >= 4 is 17.3 Å². The van der Waals surface area contributed by atoms with Gasteiger partial charge in [-0.15, -0.1) is 0 Å². The van der Waals surface area contributed by atoms with E-state index in [0.717, 1.165) is 12.8 Å². The Bertz CT molecular complexity index is 277. The average Bonchev–Trinajstić information content (AvgIpc) is 2.18. The van der Waals surface area contributed by atoms with E-state index < -0.39 is 0 Å². The molecule has 0 saturated carbocycles. The maximum absolute atomic E-state index is 13.3. The van der Waals surface area contributed by atoms with Crippen molar-refractivity contribution in [2.75, 3.05) is 5.32 Å². The van der Waals surface area contributed by atoms with Crippen LogP contribution in [0, 0.1) is 5.82 Å². The van der Waals surface area contributed by atoms with E-state index in [1.54, 1.807) is 12.1 Å². The van der Waals surface area contributed by atoms with Gasteiger partial charge in [0.05, 0.1) is 10.7 Å². The molecule has 1 aromatic rings. The Morgan fingerprint density at radius 3 is 2.50 bits per heavy atom. The molecule has 0 bridgehead atoms. The van der Waals surface area contributed by atoms with Gasteiger partial charge in [0.2, 0.25) is 0 Å². The molecular weight excluding hydrogens is 201 g/mol. The minimum atomic E-state index is -0.288. The van der Waals surface area contributed by atoms with E-state index in [4.69, 9.17) is 11.6 Å². The summed E-state index contributed by atoms with van der Waals surface area (Å²) in [7, 11) is 0. The zero-order chi connectivity index (χ0) is 10.6. The van der Waals surface area contributed by atoms with Crippen molar-refractivity contribution in [2.24, 2.45) is 0 Å². The fourth-order valence-corrected chi connectivity index (χ4v) is 1.55. The summed E-state index contributed by atoms with van der Waals surface area (Å²) in [5.41, 5.74) is 0.419. The zero-order valence-corrected chi connectivity index (χ0v) is 9.24. The molecule has 0 unspecified atom stereocenters. The highest BCUT2D eigenvalue weighted by atomic mass is 35.5. The minimum absolute atomic E-state index is 0.282. The molecule has 0 amide bonds. The van der Waals surface area contributed by atoms with E-state index in [-0.39, 0.29) is 11.9 Å². The highest BCUT2D eigenvalue weighted by Crippen LogP contribution is 2.26. The van der Waals surface area contributed by atoms with Crippen LogP contribution >= 0.6 is 11.6 Å². The van der Waals surface area contributed by atoms with Crippen molar-refractivity contribution in [3.8, 4) is 0 Å². The maximum Gasteiger partial charge on any atom is 0.147 e. The summed E-state index contributed by atoms with van der Waals surface area (Å²) in [6.07, 6.45) is 1.92. The van der Waals surface area contributed by atoms with Gasteiger partial charge in [0.1, 0.15) is 5.82 Å². The molecule has 0 aliphatic rings. The SMILES string of the molecule is CCC(CC)Nc1c(F)cccc1Cl. The molecule has 0 spiro atoms. The van der Waals surface area contributed by atoms with Gasteiger partial charge in [-0.2, -0.15) is 0 Å². The van der Waals surface area contributed by atoms with Crippen molar-refractivity contribution < 1.29 is 4.39 Å². The number of hydrogen-bond acceptors (Lipinski definition) is 1. The fourth-order valence-electron chi connectivity index (χ4n) is 1.33. The quantitative estimate of drug-likeness (QED) is 0.798. The van der Waals surface area contributed by atoms with Gasteiger partial charge in [0.25, 0.3) is 0 Å². The fraction of sp³-hybridized carbons (Fsp3) is 0.455. The van der Waals surface area contributed by atoms with Crippen LogP contribution in [-0.4, -0.2) is 6.04 Å². The van der Waals surface area contributed by atoms with Crippen molar-refractivity contribution in [1.82, 2.24) is 0 Å². The summed E-state index contributed by atoms with van der Waals surface area (Å²) in [6.45, 7) is 4.13. The summed E-state index contributed by atoms with van der Waals surface area (Å²) in [5.74, 6) is -0.288. The van der Waals surface area contributed by atoms with Crippen LogP contribution < -0.4 is 5.32 Å². The third kappa shape index (κ3) is 2.61. The molecule has 0 aliphatic heterocycles. The first-order valence-corrected chi connectivity index (χ1v) is 5.27. The van der Waals surface area contributed by atoms with E-state index in [0.29, 0.717) is 10.7 Å². The molecule has 3 heteroatoms. The lowest BCUT2D eigenvalue weighted by atomic mass is 10.1. The molecular formula is C11H15ClFN. The number of nitrogens with one attached hydrogen (secondary N) is 1. The molecule has 1 N–H and O–H groups in total. The van der Waals surface area contributed by atoms with E-state index in [1.165, 1.54) is 6.07 Å². The monoisotopic (exact) mass is 215 g/mol. The van der Waals surface area contributed by atoms with Gasteiger partial charge < -0.3 is 5.32 Å². The summed E-state index contributed by atoms with van der Waals surface area (Å²) in [4.78, 5) is 0. The summed E-state index contributed by atoms with van der Waals surface area (Å²) >= 11 is 5.89. The predicted octanol–water partition coefficient (Wildman–Crippen LogP) is 4.08. The molecule has 0 aromatic heterocycles. The smallest absolute Gasteiger partial charge is 0.147 e. The molecule has 0 atom stereocenters. The second-order valence-electron chi connectivity index (χ2n) is 3.25. The van der Waals surface area contributed by atoms with Crippen LogP contribution in [0.25, 0.3) is 0 Å². The van der Waals surface area contributed by atoms with Crippen LogP contribution in [0.4, 0.5) is 10.1 Å². The van der Waals surface area contributed by atoms with Crippen molar-refractivity contribution in [3.63, 3.8) is 0 Å². The molecule has 14 heavy (non-hydrogen) atoms. The first-order chi connectivity index (χ1) is 6.69. The third-order valence-electron chi connectivity index (χ3n) is 2.30. The van der Waals surface area contributed by atoms with Crippen LogP contribution in [0.5, 0.6) is 0 Å². The van der Waals surface area contributed by atoms with Crippen LogP contribution in [0.1, 0.15) is 26.7 Å². The number of halogens is 2. The van der Waals surface area contributed by atoms with Crippen LogP contribution in [-0.2, 0) is 0 Å². The molecule has 0 aliphatic carbocycles. The summed E-state index contributed by atoms with van der Waals surface area (Å²) in [6, 6.07) is 4.99. The van der Waals surface area contributed by atoms with Gasteiger partial charge in [-0.3, -0.25) is 0 Å². The Labute approximate surface area is 89.3 Å². The third-order valence-corrected chi connectivity index (χ3v) is 2.61. The van der Waals surface area contributed by atoms with Crippen molar-refractivity contribution in [1.29, 1.82) is 0 Å². The minimum Gasteiger partial charge on any atom is -0.379 e. The first-order valence-electron chi connectivity index (χ1n) is 4.89. The number of hydrogen-bond donors (Lipinski definition) is 1. The van der Waals surface area contributed by atoms with Gasteiger partial charge in [-0.25, -0.2) is 4.39 Å². The number of benzene rings is 1. The molecule has 1 aromatic carbocycles. The average molecular weight is 216 g/mol. The van der Waals surface area contributed by atoms with E-state index in [1.807, 2.05) is 0 Å². The van der Waals surface area contributed by atoms with Gasteiger partial charge in [-0.1, -0.05) is 31.5 Å². The number of anilines is 1. The molecule has 0 radical (unpaired) electrons. The predicted molar refractivity (Wildman–Crippen MR) is 59.4 cm³/mol. The highest BCUT2D eigenvalue weighted by Gasteiger charge is 2.10. The molecule has 0 saturated heterocycles. The number of para-hydroxylation sites is 1. The lowest BCUT2D eigenvalue weighted by molar-refractivity contribution is 0.616. The lowest BCUT2D eigenvalue weighted by Gasteiger charge is -2.17. The van der Waals surface area contributed by atoms with Crippen LogP contribution in [0.2, 0.25) is 5.02 Å². The summed E-state index contributed by atoms with van der Waals surface area (Å²) < 4.78 is 13.3. The largest absolute Gasteiger partial charge is 0.379 e. The van der Waals surface area contributed by atoms with Crippen LogP contribution in [0.3, 0.4) is 0 Å². The molecule has 78 valence electrons.